The number of ether oxygens (including phenoxy) is 2. The molecule has 2 N–H and O–H groups in total. The molecule has 0 saturated carbocycles. The second-order valence-corrected chi connectivity index (χ2v) is 7.84. The Morgan fingerprint density at radius 1 is 1.18 bits per heavy atom. The van der Waals surface area contributed by atoms with Crippen molar-refractivity contribution in [2.45, 2.75) is 19.6 Å². The van der Waals surface area contributed by atoms with Crippen LogP contribution in [0.5, 0.6) is 5.75 Å². The number of H-pyrrole nitrogens is 1. The SMILES string of the molecule is CN=C(NCc1nc(-c2ccc(OC)cc2)n[nH]1)N1CCC(COCc2ccccc2)C1.I. The number of hydrogen-bond donors (Lipinski definition) is 2. The van der Waals surface area contributed by atoms with Gasteiger partial charge in [0.25, 0.3) is 0 Å². The van der Waals surface area contributed by atoms with E-state index >= 15 is 0 Å². The molecule has 0 bridgehead atoms. The first-order chi connectivity index (χ1) is 15.7. The van der Waals surface area contributed by atoms with Crippen molar-refractivity contribution in [3.05, 3.63) is 66.0 Å². The number of nitrogens with zero attached hydrogens (tertiary/aromatic N) is 4. The number of nitrogens with one attached hydrogen (secondary N) is 2. The van der Waals surface area contributed by atoms with Crippen LogP contribution < -0.4 is 10.1 Å². The van der Waals surface area contributed by atoms with Gasteiger partial charge in [0, 0.05) is 31.6 Å². The molecule has 2 aromatic carbocycles. The van der Waals surface area contributed by atoms with Gasteiger partial charge in [-0.2, -0.15) is 5.10 Å². The number of aromatic amines is 1. The highest BCUT2D eigenvalue weighted by Gasteiger charge is 2.25. The first kappa shape index (κ1) is 25.0. The normalized spacial score (nSPS) is 15.9. The highest BCUT2D eigenvalue weighted by molar-refractivity contribution is 14.0. The quantitative estimate of drug-likeness (QED) is 0.247. The van der Waals surface area contributed by atoms with Crippen molar-refractivity contribution in [3.63, 3.8) is 0 Å². The van der Waals surface area contributed by atoms with Gasteiger partial charge in [-0.15, -0.1) is 24.0 Å². The van der Waals surface area contributed by atoms with Gasteiger partial charge in [0.15, 0.2) is 11.8 Å². The highest BCUT2D eigenvalue weighted by atomic mass is 127. The average Bonchev–Trinajstić information content (AvgIpc) is 3.51. The van der Waals surface area contributed by atoms with Crippen molar-refractivity contribution in [2.75, 3.05) is 33.9 Å². The number of rotatable bonds is 8. The molecule has 1 aliphatic rings. The summed E-state index contributed by atoms with van der Waals surface area (Å²) in [6.07, 6.45) is 1.10. The minimum Gasteiger partial charge on any atom is -0.497 e. The van der Waals surface area contributed by atoms with E-state index in [1.165, 1.54) is 5.56 Å². The number of hydrogen-bond acceptors (Lipinski definition) is 5. The van der Waals surface area contributed by atoms with Crippen molar-refractivity contribution in [1.82, 2.24) is 25.4 Å². The number of benzene rings is 2. The van der Waals surface area contributed by atoms with Crippen LogP contribution in [-0.2, 0) is 17.9 Å². The number of methoxy groups -OCH3 is 1. The fraction of sp³-hybridized carbons (Fsp3) is 0.375. The number of aliphatic imine (C=N–C) groups is 1. The van der Waals surface area contributed by atoms with E-state index in [9.17, 15) is 0 Å². The molecule has 0 aliphatic carbocycles. The van der Waals surface area contributed by atoms with Crippen molar-refractivity contribution in [2.24, 2.45) is 10.9 Å². The van der Waals surface area contributed by atoms with Crippen LogP contribution in [0.3, 0.4) is 0 Å². The number of halogens is 1. The van der Waals surface area contributed by atoms with Gasteiger partial charge in [0.2, 0.25) is 0 Å². The molecule has 3 aromatic rings. The van der Waals surface area contributed by atoms with Crippen LogP contribution in [0.25, 0.3) is 11.4 Å². The molecular weight excluding hydrogens is 531 g/mol. The standard InChI is InChI=1S/C24H30N6O2.HI/c1-25-24(30-13-12-19(15-30)17-32-16-18-6-4-3-5-7-18)26-14-22-27-23(29-28-22)20-8-10-21(31-2)11-9-20;/h3-11,19H,12-17H2,1-2H3,(H,25,26)(H,27,28,29);1H. The Morgan fingerprint density at radius 2 is 1.97 bits per heavy atom. The van der Waals surface area contributed by atoms with E-state index in [-0.39, 0.29) is 24.0 Å². The van der Waals surface area contributed by atoms with Crippen molar-refractivity contribution >= 4 is 29.9 Å². The lowest BCUT2D eigenvalue weighted by Gasteiger charge is -2.21. The zero-order valence-corrected chi connectivity index (χ0v) is 21.4. The zero-order chi connectivity index (χ0) is 22.2. The van der Waals surface area contributed by atoms with Crippen molar-refractivity contribution in [3.8, 4) is 17.1 Å². The molecular formula is C24H31IN6O2. The monoisotopic (exact) mass is 562 g/mol. The van der Waals surface area contributed by atoms with E-state index in [1.54, 1.807) is 7.11 Å². The van der Waals surface area contributed by atoms with Crippen molar-refractivity contribution in [1.29, 1.82) is 0 Å². The summed E-state index contributed by atoms with van der Waals surface area (Å²) in [5.41, 5.74) is 2.15. The largest absolute Gasteiger partial charge is 0.497 e. The maximum atomic E-state index is 5.94. The van der Waals surface area contributed by atoms with Gasteiger partial charge >= 0.3 is 0 Å². The third kappa shape index (κ3) is 6.91. The van der Waals surface area contributed by atoms with Crippen LogP contribution in [0.15, 0.2) is 59.6 Å². The second-order valence-electron chi connectivity index (χ2n) is 7.84. The van der Waals surface area contributed by atoms with Crippen LogP contribution in [0, 0.1) is 5.92 Å². The second kappa shape index (κ2) is 12.5. The van der Waals surface area contributed by atoms with E-state index in [0.717, 1.165) is 49.2 Å². The first-order valence-corrected chi connectivity index (χ1v) is 10.9. The Bertz CT molecular complexity index is 1010. The van der Waals surface area contributed by atoms with E-state index in [1.807, 2.05) is 49.5 Å². The minimum absolute atomic E-state index is 0. The van der Waals surface area contributed by atoms with Crippen LogP contribution >= 0.6 is 24.0 Å². The van der Waals surface area contributed by atoms with E-state index in [0.29, 0.717) is 24.9 Å². The van der Waals surface area contributed by atoms with Crippen LogP contribution in [0.1, 0.15) is 17.8 Å². The first-order valence-electron chi connectivity index (χ1n) is 10.9. The average molecular weight is 562 g/mol. The molecule has 0 radical (unpaired) electrons. The summed E-state index contributed by atoms with van der Waals surface area (Å²) in [7, 11) is 3.46. The Balaban J connectivity index is 0.00000306. The zero-order valence-electron chi connectivity index (χ0n) is 19.0. The molecule has 8 nitrogen and oxygen atoms in total. The summed E-state index contributed by atoms with van der Waals surface area (Å²) < 4.78 is 11.1. The fourth-order valence-electron chi connectivity index (χ4n) is 3.82. The number of likely N-dealkylation sites (tertiary alicyclic amines) is 1. The lowest BCUT2D eigenvalue weighted by molar-refractivity contribution is 0.0906. The van der Waals surface area contributed by atoms with Gasteiger partial charge in [-0.3, -0.25) is 10.1 Å². The van der Waals surface area contributed by atoms with Gasteiger partial charge in [0.1, 0.15) is 11.6 Å². The highest BCUT2D eigenvalue weighted by Crippen LogP contribution is 2.19. The molecule has 1 saturated heterocycles. The summed E-state index contributed by atoms with van der Waals surface area (Å²) in [5.74, 6) is 3.61. The van der Waals surface area contributed by atoms with Crippen LogP contribution in [0.2, 0.25) is 0 Å². The minimum atomic E-state index is 0. The molecule has 2 heterocycles. The predicted octanol–water partition coefficient (Wildman–Crippen LogP) is 3.71. The third-order valence-corrected chi connectivity index (χ3v) is 5.56. The number of guanidine groups is 1. The molecule has 1 unspecified atom stereocenters. The molecule has 0 spiro atoms. The third-order valence-electron chi connectivity index (χ3n) is 5.56. The van der Waals surface area contributed by atoms with Crippen LogP contribution in [0.4, 0.5) is 0 Å². The summed E-state index contributed by atoms with van der Waals surface area (Å²) >= 11 is 0. The summed E-state index contributed by atoms with van der Waals surface area (Å²) in [4.78, 5) is 11.3. The summed E-state index contributed by atoms with van der Waals surface area (Å²) in [5, 5.41) is 10.7. The molecule has 1 aliphatic heterocycles. The Hall–Kier alpha value is -2.66. The predicted molar refractivity (Wildman–Crippen MR) is 140 cm³/mol. The van der Waals surface area contributed by atoms with E-state index < -0.39 is 0 Å². The van der Waals surface area contributed by atoms with Crippen LogP contribution in [-0.4, -0.2) is 59.9 Å². The number of aromatic nitrogens is 3. The summed E-state index contributed by atoms with van der Waals surface area (Å²) in [6, 6.07) is 18.0. The maximum absolute atomic E-state index is 5.94. The Kier molecular flexibility index (Phi) is 9.49. The van der Waals surface area contributed by atoms with E-state index in [4.69, 9.17) is 9.47 Å². The Morgan fingerprint density at radius 3 is 2.70 bits per heavy atom. The smallest absolute Gasteiger partial charge is 0.194 e. The maximum Gasteiger partial charge on any atom is 0.194 e. The lowest BCUT2D eigenvalue weighted by atomic mass is 10.1. The summed E-state index contributed by atoms with van der Waals surface area (Å²) in [6.45, 7) is 3.85. The van der Waals surface area contributed by atoms with Gasteiger partial charge in [-0.1, -0.05) is 30.3 Å². The van der Waals surface area contributed by atoms with Gasteiger partial charge in [-0.05, 0) is 36.2 Å². The molecule has 0 amide bonds. The van der Waals surface area contributed by atoms with E-state index in [2.05, 4.69) is 42.5 Å². The molecule has 1 aromatic heterocycles. The molecule has 33 heavy (non-hydrogen) atoms. The Labute approximate surface area is 211 Å². The lowest BCUT2D eigenvalue weighted by Crippen LogP contribution is -2.40. The molecule has 176 valence electrons. The van der Waals surface area contributed by atoms with Crippen molar-refractivity contribution < 1.29 is 9.47 Å². The fourth-order valence-corrected chi connectivity index (χ4v) is 3.82. The molecule has 1 fully saturated rings. The molecule has 9 heteroatoms. The van der Waals surface area contributed by atoms with Gasteiger partial charge in [0.05, 0.1) is 26.9 Å². The molecule has 4 rings (SSSR count). The van der Waals surface area contributed by atoms with Gasteiger partial charge in [-0.25, -0.2) is 4.98 Å². The van der Waals surface area contributed by atoms with Gasteiger partial charge < -0.3 is 19.7 Å². The molecule has 1 atom stereocenters. The topological polar surface area (TPSA) is 87.7 Å².